The molecule has 19 heavy (non-hydrogen) atoms. The van der Waals surface area contributed by atoms with Crippen molar-refractivity contribution < 1.29 is 13.9 Å². The van der Waals surface area contributed by atoms with Crippen molar-refractivity contribution in [1.29, 1.82) is 0 Å². The van der Waals surface area contributed by atoms with Crippen LogP contribution in [0.15, 0.2) is 36.4 Å². The highest BCUT2D eigenvalue weighted by molar-refractivity contribution is 5.57. The minimum Gasteiger partial charge on any atom is -0.494 e. The van der Waals surface area contributed by atoms with E-state index in [-0.39, 0.29) is 11.4 Å². The molecule has 0 amide bonds. The third kappa shape index (κ3) is 2.78. The van der Waals surface area contributed by atoms with Gasteiger partial charge in [0.05, 0.1) is 12.8 Å². The summed E-state index contributed by atoms with van der Waals surface area (Å²) < 4.78 is 24.5. The lowest BCUT2D eigenvalue weighted by Gasteiger charge is -2.12. The first-order chi connectivity index (χ1) is 9.15. The van der Waals surface area contributed by atoms with E-state index in [2.05, 4.69) is 0 Å². The topological polar surface area (TPSA) is 44.5 Å². The number of hydrogen-bond donors (Lipinski definition) is 1. The Morgan fingerprint density at radius 3 is 2.53 bits per heavy atom. The number of aryl methyl sites for hydroxylation is 1. The summed E-state index contributed by atoms with van der Waals surface area (Å²) in [4.78, 5) is 0. The zero-order valence-corrected chi connectivity index (χ0v) is 10.9. The van der Waals surface area contributed by atoms with Crippen LogP contribution in [0.2, 0.25) is 0 Å². The second kappa shape index (κ2) is 5.61. The maximum absolute atomic E-state index is 13.8. The third-order valence-electron chi connectivity index (χ3n) is 2.86. The van der Waals surface area contributed by atoms with Crippen LogP contribution in [0.1, 0.15) is 12.5 Å². The zero-order valence-electron chi connectivity index (χ0n) is 10.9. The number of hydrogen-bond acceptors (Lipinski definition) is 3. The number of ether oxygens (including phenoxy) is 2. The molecule has 2 aromatic rings. The molecule has 2 N–H and O–H groups in total. The number of methoxy groups -OCH3 is 1. The van der Waals surface area contributed by atoms with E-state index in [0.29, 0.717) is 11.5 Å². The molecule has 0 bridgehead atoms. The van der Waals surface area contributed by atoms with Gasteiger partial charge in [-0.05, 0) is 18.1 Å². The molecular weight excluding hydrogens is 245 g/mol. The van der Waals surface area contributed by atoms with Gasteiger partial charge in [-0.1, -0.05) is 25.1 Å². The van der Waals surface area contributed by atoms with Gasteiger partial charge in [0.2, 0.25) is 0 Å². The highest BCUT2D eigenvalue weighted by Gasteiger charge is 2.11. The van der Waals surface area contributed by atoms with Gasteiger partial charge in [0.15, 0.2) is 11.6 Å². The van der Waals surface area contributed by atoms with Crippen molar-refractivity contribution in [3.05, 3.63) is 47.8 Å². The van der Waals surface area contributed by atoms with Crippen LogP contribution < -0.4 is 15.2 Å². The maximum atomic E-state index is 13.8. The second-order valence-electron chi connectivity index (χ2n) is 4.09. The summed E-state index contributed by atoms with van der Waals surface area (Å²) in [5.41, 5.74) is 6.89. The smallest absolute Gasteiger partial charge is 0.168 e. The summed E-state index contributed by atoms with van der Waals surface area (Å²) in [6, 6.07) is 10.2. The third-order valence-corrected chi connectivity index (χ3v) is 2.86. The van der Waals surface area contributed by atoms with Gasteiger partial charge in [-0.25, -0.2) is 4.39 Å². The van der Waals surface area contributed by atoms with Crippen molar-refractivity contribution in [3.8, 4) is 17.2 Å². The van der Waals surface area contributed by atoms with Crippen molar-refractivity contribution in [1.82, 2.24) is 0 Å². The Balaban J connectivity index is 2.38. The molecule has 0 aliphatic carbocycles. The molecule has 3 nitrogen and oxygen atoms in total. The van der Waals surface area contributed by atoms with Crippen LogP contribution in [0.3, 0.4) is 0 Å². The van der Waals surface area contributed by atoms with Crippen molar-refractivity contribution in [2.75, 3.05) is 12.8 Å². The van der Waals surface area contributed by atoms with Gasteiger partial charge in [0.25, 0.3) is 0 Å². The molecule has 0 saturated heterocycles. The summed E-state index contributed by atoms with van der Waals surface area (Å²) in [5.74, 6) is 0.622. The van der Waals surface area contributed by atoms with E-state index in [9.17, 15) is 4.39 Å². The fraction of sp³-hybridized carbons (Fsp3) is 0.200. The summed E-state index contributed by atoms with van der Waals surface area (Å²) in [6.45, 7) is 2.02. The average Bonchev–Trinajstić information content (AvgIpc) is 2.42. The fourth-order valence-corrected chi connectivity index (χ4v) is 1.82. The molecule has 0 aromatic heterocycles. The highest BCUT2D eigenvalue weighted by atomic mass is 19.1. The van der Waals surface area contributed by atoms with Gasteiger partial charge in [-0.3, -0.25) is 0 Å². The summed E-state index contributed by atoms with van der Waals surface area (Å²) >= 11 is 0. The molecule has 0 fully saturated rings. The zero-order chi connectivity index (χ0) is 13.8. The fourth-order valence-electron chi connectivity index (χ4n) is 1.82. The number of para-hydroxylation sites is 1. The van der Waals surface area contributed by atoms with Crippen LogP contribution >= 0.6 is 0 Å². The van der Waals surface area contributed by atoms with Gasteiger partial charge in [-0.2, -0.15) is 0 Å². The van der Waals surface area contributed by atoms with Crippen molar-refractivity contribution in [3.63, 3.8) is 0 Å². The molecule has 2 rings (SSSR count). The molecule has 0 aliphatic rings. The number of benzene rings is 2. The Bertz CT molecular complexity index is 584. The largest absolute Gasteiger partial charge is 0.494 e. The van der Waals surface area contributed by atoms with E-state index >= 15 is 0 Å². The molecule has 0 atom stereocenters. The minimum atomic E-state index is -0.510. The van der Waals surface area contributed by atoms with Crippen LogP contribution in [0.25, 0.3) is 0 Å². The molecule has 0 saturated carbocycles. The standard InChI is InChI=1S/C15H16FNO2/c1-3-10-6-4-5-7-13(10)19-14-9-15(18-2)12(17)8-11(14)16/h4-9H,3,17H2,1-2H3. The first-order valence-corrected chi connectivity index (χ1v) is 6.04. The summed E-state index contributed by atoms with van der Waals surface area (Å²) in [6.07, 6.45) is 0.809. The Morgan fingerprint density at radius 2 is 1.84 bits per heavy atom. The maximum Gasteiger partial charge on any atom is 0.168 e. The van der Waals surface area contributed by atoms with E-state index < -0.39 is 5.82 Å². The van der Waals surface area contributed by atoms with Crippen molar-refractivity contribution in [2.45, 2.75) is 13.3 Å². The Labute approximate surface area is 111 Å². The first kappa shape index (κ1) is 13.2. The summed E-state index contributed by atoms with van der Waals surface area (Å²) in [5, 5.41) is 0. The van der Waals surface area contributed by atoms with Gasteiger partial charge in [0.1, 0.15) is 11.5 Å². The van der Waals surface area contributed by atoms with E-state index in [0.717, 1.165) is 12.0 Å². The molecule has 0 spiro atoms. The molecule has 100 valence electrons. The Kier molecular flexibility index (Phi) is 3.90. The predicted octanol–water partition coefficient (Wildman–Crippen LogP) is 3.77. The van der Waals surface area contributed by atoms with E-state index in [1.807, 2.05) is 25.1 Å². The molecule has 4 heteroatoms. The summed E-state index contributed by atoms with van der Waals surface area (Å²) in [7, 11) is 1.48. The number of nitrogen functional groups attached to an aromatic ring is 1. The van der Waals surface area contributed by atoms with E-state index in [1.54, 1.807) is 6.07 Å². The minimum absolute atomic E-state index is 0.104. The lowest BCUT2D eigenvalue weighted by atomic mass is 10.1. The predicted molar refractivity (Wildman–Crippen MR) is 73.3 cm³/mol. The van der Waals surface area contributed by atoms with Crippen LogP contribution in [-0.4, -0.2) is 7.11 Å². The lowest BCUT2D eigenvalue weighted by molar-refractivity contribution is 0.402. The van der Waals surface area contributed by atoms with Crippen LogP contribution in [0.5, 0.6) is 17.2 Å². The van der Waals surface area contributed by atoms with Gasteiger partial charge >= 0.3 is 0 Å². The van der Waals surface area contributed by atoms with E-state index in [1.165, 1.54) is 19.2 Å². The second-order valence-corrected chi connectivity index (χ2v) is 4.09. The quantitative estimate of drug-likeness (QED) is 0.852. The average molecular weight is 261 g/mol. The van der Waals surface area contributed by atoms with Crippen LogP contribution in [0.4, 0.5) is 10.1 Å². The molecule has 2 aromatic carbocycles. The van der Waals surface area contributed by atoms with E-state index in [4.69, 9.17) is 15.2 Å². The number of rotatable bonds is 4. The first-order valence-electron chi connectivity index (χ1n) is 6.04. The monoisotopic (exact) mass is 261 g/mol. The highest BCUT2D eigenvalue weighted by Crippen LogP contribution is 2.33. The van der Waals surface area contributed by atoms with Crippen molar-refractivity contribution >= 4 is 5.69 Å². The Morgan fingerprint density at radius 1 is 1.11 bits per heavy atom. The van der Waals surface area contributed by atoms with Gasteiger partial charge in [0, 0.05) is 12.1 Å². The number of anilines is 1. The molecule has 0 aliphatic heterocycles. The van der Waals surface area contributed by atoms with Crippen LogP contribution in [0, 0.1) is 5.82 Å². The van der Waals surface area contributed by atoms with Crippen LogP contribution in [-0.2, 0) is 6.42 Å². The van der Waals surface area contributed by atoms with Gasteiger partial charge in [-0.15, -0.1) is 0 Å². The number of nitrogens with two attached hydrogens (primary N) is 1. The molecule has 0 unspecified atom stereocenters. The Hall–Kier alpha value is -2.23. The van der Waals surface area contributed by atoms with Crippen molar-refractivity contribution in [2.24, 2.45) is 0 Å². The molecule has 0 radical (unpaired) electrons. The normalized spacial score (nSPS) is 10.3. The van der Waals surface area contributed by atoms with Gasteiger partial charge < -0.3 is 15.2 Å². The molecule has 0 heterocycles. The SMILES string of the molecule is CCc1ccccc1Oc1cc(OC)c(N)cc1F. The molecular formula is C15H16FNO2. The lowest BCUT2D eigenvalue weighted by Crippen LogP contribution is -1.97. The number of halogens is 1.